The average Bonchev–Trinajstić information content (AvgIpc) is 2.49. The molecule has 2 rings (SSSR count). The van der Waals surface area contributed by atoms with Crippen LogP contribution in [0.3, 0.4) is 0 Å². The number of thiocarbonyl (C=S) groups is 1. The first-order chi connectivity index (χ1) is 10.5. The summed E-state index contributed by atoms with van der Waals surface area (Å²) in [4.78, 5) is 0. The van der Waals surface area contributed by atoms with Gasteiger partial charge < -0.3 is 10.6 Å². The Morgan fingerprint density at radius 1 is 1.05 bits per heavy atom. The van der Waals surface area contributed by atoms with Gasteiger partial charge in [0.25, 0.3) is 0 Å². The maximum absolute atomic E-state index is 12.9. The van der Waals surface area contributed by atoms with Crippen LogP contribution < -0.4 is 10.6 Å². The Balaban J connectivity index is 2.03. The normalized spacial score (nSPS) is 12.0. The van der Waals surface area contributed by atoms with Crippen LogP contribution in [0.2, 0.25) is 0 Å². The van der Waals surface area contributed by atoms with Crippen LogP contribution in [-0.2, 0) is 0 Å². The van der Waals surface area contributed by atoms with E-state index in [-0.39, 0.29) is 11.9 Å². The standard InChI is InChI=1S/C18H21FN2S/c1-13(2)12-17(14-6-4-3-5-7-14)21-18(22)20-16-10-8-15(19)9-11-16/h3-11,13,17H,12H2,1-2H3,(H2,20,21,22)/t17-/m0/s1. The molecule has 0 heterocycles. The van der Waals surface area contributed by atoms with E-state index in [1.54, 1.807) is 12.1 Å². The first-order valence-corrected chi connectivity index (χ1v) is 7.83. The highest BCUT2D eigenvalue weighted by molar-refractivity contribution is 7.80. The Hall–Kier alpha value is -1.94. The molecule has 0 saturated carbocycles. The molecule has 22 heavy (non-hydrogen) atoms. The SMILES string of the molecule is CC(C)C[C@H](NC(=S)Nc1ccc(F)cc1)c1ccccc1. The number of anilines is 1. The van der Waals surface area contributed by atoms with E-state index >= 15 is 0 Å². The molecule has 0 aliphatic carbocycles. The van der Waals surface area contributed by atoms with Crippen molar-refractivity contribution < 1.29 is 4.39 Å². The van der Waals surface area contributed by atoms with Crippen LogP contribution in [0.1, 0.15) is 31.9 Å². The molecule has 0 bridgehead atoms. The number of halogens is 1. The molecule has 0 spiro atoms. The van der Waals surface area contributed by atoms with E-state index in [0.717, 1.165) is 12.1 Å². The first-order valence-electron chi connectivity index (χ1n) is 7.42. The Morgan fingerprint density at radius 2 is 1.68 bits per heavy atom. The van der Waals surface area contributed by atoms with Crippen LogP contribution in [0.4, 0.5) is 10.1 Å². The van der Waals surface area contributed by atoms with E-state index in [1.165, 1.54) is 17.7 Å². The highest BCUT2D eigenvalue weighted by atomic mass is 32.1. The van der Waals surface area contributed by atoms with Crippen molar-refractivity contribution in [1.82, 2.24) is 5.32 Å². The lowest BCUT2D eigenvalue weighted by molar-refractivity contribution is 0.481. The molecule has 0 aromatic heterocycles. The molecule has 0 aliphatic rings. The minimum Gasteiger partial charge on any atom is -0.356 e. The zero-order valence-electron chi connectivity index (χ0n) is 12.8. The van der Waals surface area contributed by atoms with Gasteiger partial charge in [0, 0.05) is 5.69 Å². The lowest BCUT2D eigenvalue weighted by atomic mass is 9.97. The second-order valence-corrected chi connectivity index (χ2v) is 6.11. The van der Waals surface area contributed by atoms with E-state index < -0.39 is 0 Å². The lowest BCUT2D eigenvalue weighted by Gasteiger charge is -2.23. The maximum Gasteiger partial charge on any atom is 0.171 e. The summed E-state index contributed by atoms with van der Waals surface area (Å²) in [6.45, 7) is 4.38. The Bertz CT molecular complexity index is 596. The fourth-order valence-corrected chi connectivity index (χ4v) is 2.55. The summed E-state index contributed by atoms with van der Waals surface area (Å²) in [7, 11) is 0. The van der Waals surface area contributed by atoms with Gasteiger partial charge in [0.2, 0.25) is 0 Å². The zero-order chi connectivity index (χ0) is 15.9. The summed E-state index contributed by atoms with van der Waals surface area (Å²) < 4.78 is 12.9. The summed E-state index contributed by atoms with van der Waals surface area (Å²) >= 11 is 5.38. The molecule has 0 radical (unpaired) electrons. The monoisotopic (exact) mass is 316 g/mol. The fourth-order valence-electron chi connectivity index (χ4n) is 2.29. The van der Waals surface area contributed by atoms with Gasteiger partial charge in [-0.15, -0.1) is 0 Å². The molecule has 2 aromatic carbocycles. The number of hydrogen-bond acceptors (Lipinski definition) is 1. The van der Waals surface area contributed by atoms with Crippen molar-refractivity contribution in [2.75, 3.05) is 5.32 Å². The average molecular weight is 316 g/mol. The molecule has 0 amide bonds. The summed E-state index contributed by atoms with van der Waals surface area (Å²) in [5.74, 6) is 0.290. The van der Waals surface area contributed by atoms with Crippen molar-refractivity contribution >= 4 is 23.0 Å². The smallest absolute Gasteiger partial charge is 0.171 e. The molecule has 116 valence electrons. The van der Waals surface area contributed by atoms with Crippen LogP contribution in [0.25, 0.3) is 0 Å². The summed E-state index contributed by atoms with van der Waals surface area (Å²) in [5.41, 5.74) is 1.98. The summed E-state index contributed by atoms with van der Waals surface area (Å²) in [6, 6.07) is 16.6. The molecule has 0 aliphatic heterocycles. The largest absolute Gasteiger partial charge is 0.356 e. The molecule has 2 N–H and O–H groups in total. The van der Waals surface area contributed by atoms with Gasteiger partial charge in [0.05, 0.1) is 6.04 Å². The van der Waals surface area contributed by atoms with Crippen molar-refractivity contribution in [3.05, 3.63) is 66.0 Å². The quantitative estimate of drug-likeness (QED) is 0.767. The predicted molar refractivity (Wildman–Crippen MR) is 94.4 cm³/mol. The minimum absolute atomic E-state index is 0.154. The van der Waals surface area contributed by atoms with Gasteiger partial charge in [-0.2, -0.15) is 0 Å². The van der Waals surface area contributed by atoms with Gasteiger partial charge in [0.1, 0.15) is 5.82 Å². The number of hydrogen-bond donors (Lipinski definition) is 2. The van der Waals surface area contributed by atoms with Crippen LogP contribution >= 0.6 is 12.2 Å². The molecule has 0 saturated heterocycles. The van der Waals surface area contributed by atoms with Gasteiger partial charge in [-0.25, -0.2) is 4.39 Å². The van der Waals surface area contributed by atoms with Gasteiger partial charge >= 0.3 is 0 Å². The Morgan fingerprint density at radius 3 is 2.27 bits per heavy atom. The minimum atomic E-state index is -0.258. The third-order valence-electron chi connectivity index (χ3n) is 3.32. The number of nitrogens with one attached hydrogen (secondary N) is 2. The van der Waals surface area contributed by atoms with E-state index in [4.69, 9.17) is 12.2 Å². The van der Waals surface area contributed by atoms with Crippen LogP contribution in [0.5, 0.6) is 0 Å². The lowest BCUT2D eigenvalue weighted by Crippen LogP contribution is -2.33. The molecule has 0 unspecified atom stereocenters. The zero-order valence-corrected chi connectivity index (χ0v) is 13.7. The van der Waals surface area contributed by atoms with Crippen molar-refractivity contribution in [3.8, 4) is 0 Å². The molecule has 0 fully saturated rings. The second-order valence-electron chi connectivity index (χ2n) is 5.70. The van der Waals surface area contributed by atoms with Crippen LogP contribution in [0, 0.1) is 11.7 Å². The first kappa shape index (κ1) is 16.4. The highest BCUT2D eigenvalue weighted by Gasteiger charge is 2.14. The second kappa shape index (κ2) is 7.90. The predicted octanol–water partition coefficient (Wildman–Crippen LogP) is 4.90. The number of benzene rings is 2. The summed E-state index contributed by atoms with van der Waals surface area (Å²) in [5, 5.41) is 6.99. The van der Waals surface area contributed by atoms with E-state index in [1.807, 2.05) is 18.2 Å². The molecule has 2 nitrogen and oxygen atoms in total. The van der Waals surface area contributed by atoms with Crippen molar-refractivity contribution in [3.63, 3.8) is 0 Å². The number of rotatable bonds is 5. The van der Waals surface area contributed by atoms with Gasteiger partial charge in [0.15, 0.2) is 5.11 Å². The van der Waals surface area contributed by atoms with Gasteiger partial charge in [-0.1, -0.05) is 44.2 Å². The molecule has 2 aromatic rings. The third kappa shape index (κ3) is 5.11. The Labute approximate surface area is 136 Å². The van der Waals surface area contributed by atoms with Crippen LogP contribution in [0.15, 0.2) is 54.6 Å². The molecular formula is C18H21FN2S. The van der Waals surface area contributed by atoms with Crippen molar-refractivity contribution in [2.24, 2.45) is 5.92 Å². The maximum atomic E-state index is 12.9. The highest BCUT2D eigenvalue weighted by Crippen LogP contribution is 2.21. The molecular weight excluding hydrogens is 295 g/mol. The Kier molecular flexibility index (Phi) is 5.90. The summed E-state index contributed by atoms with van der Waals surface area (Å²) in [6.07, 6.45) is 0.981. The molecule has 1 atom stereocenters. The van der Waals surface area contributed by atoms with E-state index in [2.05, 4.69) is 36.6 Å². The molecule has 4 heteroatoms. The van der Waals surface area contributed by atoms with E-state index in [9.17, 15) is 4.39 Å². The van der Waals surface area contributed by atoms with Crippen LogP contribution in [-0.4, -0.2) is 5.11 Å². The fraction of sp³-hybridized carbons (Fsp3) is 0.278. The van der Waals surface area contributed by atoms with E-state index in [0.29, 0.717) is 11.0 Å². The van der Waals surface area contributed by atoms with Crippen molar-refractivity contribution in [2.45, 2.75) is 26.3 Å². The topological polar surface area (TPSA) is 24.1 Å². The van der Waals surface area contributed by atoms with Gasteiger partial charge in [-0.05, 0) is 54.4 Å². The van der Waals surface area contributed by atoms with Gasteiger partial charge in [-0.3, -0.25) is 0 Å². The third-order valence-corrected chi connectivity index (χ3v) is 3.54. The van der Waals surface area contributed by atoms with Crippen molar-refractivity contribution in [1.29, 1.82) is 0 Å².